The van der Waals surface area contributed by atoms with Gasteiger partial charge in [0, 0.05) is 29.6 Å². The Morgan fingerprint density at radius 1 is 1.26 bits per heavy atom. The summed E-state index contributed by atoms with van der Waals surface area (Å²) in [5.74, 6) is 1.37. The zero-order chi connectivity index (χ0) is 16.4. The minimum absolute atomic E-state index is 0.220. The number of carbonyl (C=O) groups is 1. The number of urea groups is 1. The second-order valence-electron chi connectivity index (χ2n) is 5.39. The minimum Gasteiger partial charge on any atom is -0.454 e. The van der Waals surface area contributed by atoms with Crippen LogP contribution in [0.1, 0.15) is 21.1 Å². The first-order chi connectivity index (χ1) is 11.0. The van der Waals surface area contributed by atoms with Crippen molar-refractivity contribution >= 4 is 23.1 Å². The van der Waals surface area contributed by atoms with Gasteiger partial charge in [0.25, 0.3) is 0 Å². The number of hydrogen-bond acceptors (Lipinski definition) is 5. The van der Waals surface area contributed by atoms with Crippen LogP contribution in [0.4, 0.5) is 10.5 Å². The summed E-state index contributed by atoms with van der Waals surface area (Å²) in [6.45, 7) is 6.69. The summed E-state index contributed by atoms with van der Waals surface area (Å²) in [4.78, 5) is 17.6. The van der Waals surface area contributed by atoms with Gasteiger partial charge in [0.15, 0.2) is 11.5 Å². The predicted octanol–water partition coefficient (Wildman–Crippen LogP) is 3.16. The summed E-state index contributed by atoms with van der Waals surface area (Å²) in [5.41, 5.74) is 2.69. The first-order valence-electron chi connectivity index (χ1n) is 7.41. The van der Waals surface area contributed by atoms with Crippen molar-refractivity contribution in [3.05, 3.63) is 33.3 Å². The van der Waals surface area contributed by atoms with Gasteiger partial charge in [-0.2, -0.15) is 0 Å². The molecule has 1 aliphatic heterocycles. The SMILES string of the molecule is Cc1nc(C)c(CCNC(=O)Nc2cc3c(cc2C)OCO3)s1. The molecule has 1 aliphatic rings. The van der Waals surface area contributed by atoms with E-state index in [2.05, 4.69) is 15.6 Å². The number of hydrogen-bond donors (Lipinski definition) is 2. The fraction of sp³-hybridized carbons (Fsp3) is 0.375. The monoisotopic (exact) mass is 333 g/mol. The van der Waals surface area contributed by atoms with Crippen molar-refractivity contribution in [2.45, 2.75) is 27.2 Å². The molecule has 0 aliphatic carbocycles. The Balaban J connectivity index is 1.54. The second-order valence-corrected chi connectivity index (χ2v) is 6.68. The van der Waals surface area contributed by atoms with Crippen molar-refractivity contribution in [3.63, 3.8) is 0 Å². The third-order valence-electron chi connectivity index (χ3n) is 3.60. The van der Waals surface area contributed by atoms with E-state index in [1.54, 1.807) is 17.4 Å². The lowest BCUT2D eigenvalue weighted by atomic mass is 10.2. The molecule has 0 spiro atoms. The molecule has 1 aromatic heterocycles. The highest BCUT2D eigenvalue weighted by Gasteiger charge is 2.16. The zero-order valence-electron chi connectivity index (χ0n) is 13.4. The lowest BCUT2D eigenvalue weighted by molar-refractivity contribution is 0.174. The highest BCUT2D eigenvalue weighted by Crippen LogP contribution is 2.36. The lowest BCUT2D eigenvalue weighted by Crippen LogP contribution is -2.30. The van der Waals surface area contributed by atoms with Crippen LogP contribution in [-0.4, -0.2) is 24.4 Å². The van der Waals surface area contributed by atoms with Crippen molar-refractivity contribution in [1.29, 1.82) is 0 Å². The number of anilines is 1. The molecule has 0 saturated heterocycles. The van der Waals surface area contributed by atoms with Crippen LogP contribution >= 0.6 is 11.3 Å². The molecule has 3 rings (SSSR count). The third-order valence-corrected chi connectivity index (χ3v) is 4.74. The molecule has 0 fully saturated rings. The summed E-state index contributed by atoms with van der Waals surface area (Å²) in [6.07, 6.45) is 0.783. The van der Waals surface area contributed by atoms with E-state index in [-0.39, 0.29) is 12.8 Å². The summed E-state index contributed by atoms with van der Waals surface area (Å²) < 4.78 is 10.6. The molecular weight excluding hydrogens is 314 g/mol. The number of aromatic nitrogens is 1. The number of thiazole rings is 1. The van der Waals surface area contributed by atoms with E-state index < -0.39 is 0 Å². The molecule has 2 heterocycles. The number of nitrogens with zero attached hydrogens (tertiary/aromatic N) is 1. The average molecular weight is 333 g/mol. The molecule has 23 heavy (non-hydrogen) atoms. The van der Waals surface area contributed by atoms with Gasteiger partial charge in [-0.05, 0) is 32.4 Å². The van der Waals surface area contributed by atoms with Crippen molar-refractivity contribution in [1.82, 2.24) is 10.3 Å². The molecule has 0 unspecified atom stereocenters. The number of carbonyl (C=O) groups excluding carboxylic acids is 1. The van der Waals surface area contributed by atoms with E-state index in [0.29, 0.717) is 18.0 Å². The average Bonchev–Trinajstić information content (AvgIpc) is 3.05. The molecule has 0 saturated carbocycles. The van der Waals surface area contributed by atoms with Gasteiger partial charge in [-0.1, -0.05) is 0 Å². The van der Waals surface area contributed by atoms with Gasteiger partial charge in [0.05, 0.1) is 10.7 Å². The Bertz CT molecular complexity index is 742. The molecule has 0 radical (unpaired) electrons. The van der Waals surface area contributed by atoms with E-state index in [1.807, 2.05) is 26.8 Å². The Hall–Kier alpha value is -2.28. The lowest BCUT2D eigenvalue weighted by Gasteiger charge is -2.10. The van der Waals surface area contributed by atoms with Crippen LogP contribution < -0.4 is 20.1 Å². The maximum Gasteiger partial charge on any atom is 0.319 e. The van der Waals surface area contributed by atoms with Gasteiger partial charge in [0.1, 0.15) is 0 Å². The predicted molar refractivity (Wildman–Crippen MR) is 89.6 cm³/mol. The normalized spacial score (nSPS) is 12.3. The van der Waals surface area contributed by atoms with Crippen LogP contribution in [0.5, 0.6) is 11.5 Å². The number of amides is 2. The van der Waals surface area contributed by atoms with E-state index in [0.717, 1.165) is 28.4 Å². The van der Waals surface area contributed by atoms with Gasteiger partial charge in [-0.25, -0.2) is 9.78 Å². The van der Waals surface area contributed by atoms with Gasteiger partial charge < -0.3 is 20.1 Å². The Kier molecular flexibility index (Phi) is 4.38. The van der Waals surface area contributed by atoms with Gasteiger partial charge >= 0.3 is 6.03 Å². The van der Waals surface area contributed by atoms with E-state index in [4.69, 9.17) is 9.47 Å². The van der Waals surface area contributed by atoms with E-state index in [1.165, 1.54) is 4.88 Å². The Morgan fingerprint density at radius 3 is 2.70 bits per heavy atom. The largest absolute Gasteiger partial charge is 0.454 e. The van der Waals surface area contributed by atoms with Crippen molar-refractivity contribution in [2.24, 2.45) is 0 Å². The maximum absolute atomic E-state index is 12.0. The quantitative estimate of drug-likeness (QED) is 0.901. The van der Waals surface area contributed by atoms with Crippen LogP contribution in [0.25, 0.3) is 0 Å². The Morgan fingerprint density at radius 2 is 2.00 bits per heavy atom. The molecule has 6 nitrogen and oxygen atoms in total. The maximum atomic E-state index is 12.0. The summed E-state index contributed by atoms with van der Waals surface area (Å²) in [7, 11) is 0. The van der Waals surface area contributed by atoms with Crippen molar-refractivity contribution in [3.8, 4) is 11.5 Å². The van der Waals surface area contributed by atoms with Crippen LogP contribution in [-0.2, 0) is 6.42 Å². The smallest absolute Gasteiger partial charge is 0.319 e. The number of nitrogens with one attached hydrogen (secondary N) is 2. The summed E-state index contributed by atoms with van der Waals surface area (Å²) in [6, 6.07) is 3.42. The number of aryl methyl sites for hydroxylation is 3. The zero-order valence-corrected chi connectivity index (χ0v) is 14.2. The topological polar surface area (TPSA) is 72.5 Å². The van der Waals surface area contributed by atoms with Gasteiger partial charge in [-0.15, -0.1) is 11.3 Å². The molecule has 2 N–H and O–H groups in total. The highest BCUT2D eigenvalue weighted by molar-refractivity contribution is 7.11. The second kappa shape index (κ2) is 6.45. The van der Waals surface area contributed by atoms with Crippen LogP contribution in [0.3, 0.4) is 0 Å². The first-order valence-corrected chi connectivity index (χ1v) is 8.22. The highest BCUT2D eigenvalue weighted by atomic mass is 32.1. The number of rotatable bonds is 4. The molecule has 2 amide bonds. The third kappa shape index (κ3) is 3.56. The first kappa shape index (κ1) is 15.6. The van der Waals surface area contributed by atoms with E-state index in [9.17, 15) is 4.79 Å². The van der Waals surface area contributed by atoms with Crippen LogP contribution in [0.15, 0.2) is 12.1 Å². The number of ether oxygens (including phenoxy) is 2. The van der Waals surface area contributed by atoms with Crippen LogP contribution in [0.2, 0.25) is 0 Å². The standard InChI is InChI=1S/C16H19N3O3S/c1-9-6-13-14(22-8-21-13)7-12(9)19-16(20)17-5-4-15-10(2)18-11(3)23-15/h6-7H,4-5,8H2,1-3H3,(H2,17,19,20). The number of benzene rings is 1. The van der Waals surface area contributed by atoms with E-state index >= 15 is 0 Å². The number of fused-ring (bicyclic) bond motifs is 1. The minimum atomic E-state index is -0.231. The molecule has 7 heteroatoms. The Labute approximate surface area is 138 Å². The molecule has 122 valence electrons. The van der Waals surface area contributed by atoms with Crippen LogP contribution in [0, 0.1) is 20.8 Å². The van der Waals surface area contributed by atoms with Crippen molar-refractivity contribution in [2.75, 3.05) is 18.7 Å². The summed E-state index contributed by atoms with van der Waals surface area (Å²) in [5, 5.41) is 6.77. The molecule has 2 aromatic rings. The molecule has 1 aromatic carbocycles. The van der Waals surface area contributed by atoms with Gasteiger partial charge in [0.2, 0.25) is 6.79 Å². The van der Waals surface area contributed by atoms with Gasteiger partial charge in [-0.3, -0.25) is 0 Å². The summed E-state index contributed by atoms with van der Waals surface area (Å²) >= 11 is 1.67. The molecular formula is C16H19N3O3S. The fourth-order valence-corrected chi connectivity index (χ4v) is 3.38. The molecule has 0 atom stereocenters. The van der Waals surface area contributed by atoms with Crippen molar-refractivity contribution < 1.29 is 14.3 Å². The molecule has 0 bridgehead atoms. The fourth-order valence-electron chi connectivity index (χ4n) is 2.44.